The van der Waals surface area contributed by atoms with Crippen molar-refractivity contribution in [1.29, 1.82) is 0 Å². The maximum absolute atomic E-state index is 11.5. The van der Waals surface area contributed by atoms with E-state index in [1.54, 1.807) is 0 Å². The number of rotatable bonds is 6. The fraction of sp³-hybridized carbons (Fsp3) is 0.600. The zero-order valence-electron chi connectivity index (χ0n) is 9.33. The Hall–Kier alpha value is -1.40. The van der Waals surface area contributed by atoms with Crippen LogP contribution in [0.25, 0.3) is 0 Å². The van der Waals surface area contributed by atoms with Gasteiger partial charge in [0.2, 0.25) is 5.91 Å². The van der Waals surface area contributed by atoms with Crippen LogP contribution in [-0.2, 0) is 9.59 Å². The van der Waals surface area contributed by atoms with Gasteiger partial charge in [0.1, 0.15) is 0 Å². The fourth-order valence-electron chi connectivity index (χ4n) is 1.14. The average molecular weight is 231 g/mol. The first-order chi connectivity index (χ1) is 7.32. The van der Waals surface area contributed by atoms with Crippen LogP contribution >= 0.6 is 0 Å². The summed E-state index contributed by atoms with van der Waals surface area (Å²) >= 11 is 0. The van der Waals surface area contributed by atoms with Gasteiger partial charge in [-0.3, -0.25) is 4.79 Å². The molecule has 6 heteroatoms. The summed E-state index contributed by atoms with van der Waals surface area (Å²) < 4.78 is 0. The maximum Gasteiger partial charge on any atom is 0.328 e. The van der Waals surface area contributed by atoms with Crippen molar-refractivity contribution < 1.29 is 24.9 Å². The standard InChI is InChI=1S/C10H17NO5/c1-7(12)5-11(6-8(2)13)9(14)3-4-10(15)16/h3-4,7-8,12-13H,5-6H2,1-2H3,(H,15,16). The average Bonchev–Trinajstić information content (AvgIpc) is 2.11. The number of hydrogen-bond acceptors (Lipinski definition) is 4. The molecule has 16 heavy (non-hydrogen) atoms. The normalized spacial score (nSPS) is 14.8. The lowest BCUT2D eigenvalue weighted by Crippen LogP contribution is -2.40. The van der Waals surface area contributed by atoms with E-state index in [1.165, 1.54) is 18.7 Å². The van der Waals surface area contributed by atoms with Gasteiger partial charge >= 0.3 is 5.97 Å². The number of carbonyl (C=O) groups is 2. The highest BCUT2D eigenvalue weighted by molar-refractivity contribution is 5.93. The number of aliphatic carboxylic acids is 1. The Labute approximate surface area is 93.8 Å². The van der Waals surface area contributed by atoms with Gasteiger partial charge in [0.25, 0.3) is 0 Å². The Bertz CT molecular complexity index is 262. The molecule has 0 spiro atoms. The summed E-state index contributed by atoms with van der Waals surface area (Å²) in [4.78, 5) is 22.9. The molecule has 0 rings (SSSR count). The third-order valence-corrected chi connectivity index (χ3v) is 1.65. The second kappa shape index (κ2) is 6.97. The molecular weight excluding hydrogens is 214 g/mol. The van der Waals surface area contributed by atoms with Crippen LogP contribution in [0, 0.1) is 0 Å². The quantitative estimate of drug-likeness (QED) is 0.521. The number of amides is 1. The van der Waals surface area contributed by atoms with Crippen LogP contribution in [0.3, 0.4) is 0 Å². The van der Waals surface area contributed by atoms with E-state index in [9.17, 15) is 9.59 Å². The van der Waals surface area contributed by atoms with Gasteiger partial charge in [0, 0.05) is 25.2 Å². The second-order valence-corrected chi connectivity index (χ2v) is 3.61. The van der Waals surface area contributed by atoms with Crippen LogP contribution in [0.1, 0.15) is 13.8 Å². The Morgan fingerprint density at radius 1 is 1.12 bits per heavy atom. The van der Waals surface area contributed by atoms with E-state index >= 15 is 0 Å². The molecule has 6 nitrogen and oxygen atoms in total. The molecule has 0 saturated heterocycles. The number of carboxylic acid groups (broad SMARTS) is 1. The SMILES string of the molecule is CC(O)CN(CC(C)O)C(=O)C=CC(=O)O. The van der Waals surface area contributed by atoms with Gasteiger partial charge in [-0.2, -0.15) is 0 Å². The number of carbonyl (C=O) groups excluding carboxylic acids is 1. The molecule has 3 N–H and O–H groups in total. The van der Waals surface area contributed by atoms with E-state index in [4.69, 9.17) is 15.3 Å². The molecule has 0 heterocycles. The lowest BCUT2D eigenvalue weighted by atomic mass is 10.3. The summed E-state index contributed by atoms with van der Waals surface area (Å²) in [7, 11) is 0. The summed E-state index contributed by atoms with van der Waals surface area (Å²) in [6, 6.07) is 0. The first-order valence-corrected chi connectivity index (χ1v) is 4.89. The number of carboxylic acids is 1. The van der Waals surface area contributed by atoms with E-state index in [0.717, 1.165) is 12.2 Å². The monoisotopic (exact) mass is 231 g/mol. The van der Waals surface area contributed by atoms with E-state index in [0.29, 0.717) is 0 Å². The van der Waals surface area contributed by atoms with E-state index in [1.807, 2.05) is 0 Å². The molecule has 0 aromatic heterocycles. The van der Waals surface area contributed by atoms with Gasteiger partial charge in [0.15, 0.2) is 0 Å². The third-order valence-electron chi connectivity index (χ3n) is 1.65. The molecule has 0 saturated carbocycles. The molecule has 0 aromatic carbocycles. The van der Waals surface area contributed by atoms with Gasteiger partial charge in [-0.25, -0.2) is 4.79 Å². The molecule has 1 amide bonds. The van der Waals surface area contributed by atoms with Crippen molar-refractivity contribution in [3.8, 4) is 0 Å². The van der Waals surface area contributed by atoms with Crippen LogP contribution in [0.5, 0.6) is 0 Å². The van der Waals surface area contributed by atoms with Gasteiger partial charge in [-0.1, -0.05) is 0 Å². The summed E-state index contributed by atoms with van der Waals surface area (Å²) in [5.41, 5.74) is 0. The molecule has 0 fully saturated rings. The van der Waals surface area contributed by atoms with Crippen molar-refractivity contribution >= 4 is 11.9 Å². The smallest absolute Gasteiger partial charge is 0.328 e. The van der Waals surface area contributed by atoms with Gasteiger partial charge in [0.05, 0.1) is 12.2 Å². The predicted molar refractivity (Wildman–Crippen MR) is 56.7 cm³/mol. The number of aliphatic hydroxyl groups excluding tert-OH is 2. The molecule has 92 valence electrons. The summed E-state index contributed by atoms with van der Waals surface area (Å²) in [6.07, 6.45) is 0.147. The highest BCUT2D eigenvalue weighted by atomic mass is 16.4. The lowest BCUT2D eigenvalue weighted by Gasteiger charge is -2.23. The first-order valence-electron chi connectivity index (χ1n) is 4.89. The molecule has 2 atom stereocenters. The summed E-state index contributed by atoms with van der Waals surface area (Å²) in [5, 5.41) is 26.6. The maximum atomic E-state index is 11.5. The van der Waals surface area contributed by atoms with Crippen molar-refractivity contribution in [3.05, 3.63) is 12.2 Å². The Morgan fingerprint density at radius 3 is 1.88 bits per heavy atom. The van der Waals surface area contributed by atoms with E-state index < -0.39 is 24.1 Å². The zero-order valence-corrected chi connectivity index (χ0v) is 9.33. The first kappa shape index (κ1) is 14.6. The molecule has 2 unspecified atom stereocenters. The molecule has 0 radical (unpaired) electrons. The van der Waals surface area contributed by atoms with Crippen molar-refractivity contribution in [1.82, 2.24) is 4.90 Å². The summed E-state index contributed by atoms with van der Waals surface area (Å²) in [5.74, 6) is -1.77. The van der Waals surface area contributed by atoms with Crippen molar-refractivity contribution in [2.45, 2.75) is 26.1 Å². The molecular formula is C10H17NO5. The Kier molecular flexibility index (Phi) is 6.36. The van der Waals surface area contributed by atoms with E-state index in [2.05, 4.69) is 0 Å². The number of aliphatic hydroxyl groups is 2. The highest BCUT2D eigenvalue weighted by Gasteiger charge is 2.15. The topological polar surface area (TPSA) is 98.1 Å². The number of nitrogens with zero attached hydrogens (tertiary/aromatic N) is 1. The van der Waals surface area contributed by atoms with Gasteiger partial charge < -0.3 is 20.2 Å². The van der Waals surface area contributed by atoms with Crippen LogP contribution < -0.4 is 0 Å². The molecule has 0 aromatic rings. The van der Waals surface area contributed by atoms with Crippen molar-refractivity contribution in [2.75, 3.05) is 13.1 Å². The predicted octanol–water partition coefficient (Wildman–Crippen LogP) is -0.783. The van der Waals surface area contributed by atoms with Crippen molar-refractivity contribution in [2.24, 2.45) is 0 Å². The van der Waals surface area contributed by atoms with Crippen LogP contribution in [-0.4, -0.2) is 57.4 Å². The van der Waals surface area contributed by atoms with E-state index in [-0.39, 0.29) is 13.1 Å². The molecule has 0 aliphatic carbocycles. The van der Waals surface area contributed by atoms with Crippen LogP contribution in [0.15, 0.2) is 12.2 Å². The van der Waals surface area contributed by atoms with Crippen molar-refractivity contribution in [3.63, 3.8) is 0 Å². The highest BCUT2D eigenvalue weighted by Crippen LogP contribution is 1.98. The Morgan fingerprint density at radius 2 is 1.56 bits per heavy atom. The fourth-order valence-corrected chi connectivity index (χ4v) is 1.14. The second-order valence-electron chi connectivity index (χ2n) is 3.61. The minimum absolute atomic E-state index is 0.0493. The molecule has 0 aliphatic rings. The van der Waals surface area contributed by atoms with Gasteiger partial charge in [-0.15, -0.1) is 0 Å². The minimum Gasteiger partial charge on any atom is -0.478 e. The lowest BCUT2D eigenvalue weighted by molar-refractivity contribution is -0.132. The molecule has 0 bridgehead atoms. The largest absolute Gasteiger partial charge is 0.478 e. The molecule has 0 aliphatic heterocycles. The van der Waals surface area contributed by atoms with Gasteiger partial charge in [-0.05, 0) is 13.8 Å². The number of hydrogen-bond donors (Lipinski definition) is 3. The zero-order chi connectivity index (χ0) is 12.7. The Balaban J connectivity index is 4.49. The summed E-state index contributed by atoms with van der Waals surface area (Å²) in [6.45, 7) is 3.11. The minimum atomic E-state index is -1.22. The van der Waals surface area contributed by atoms with Crippen LogP contribution in [0.2, 0.25) is 0 Å². The third kappa shape index (κ3) is 6.97. The van der Waals surface area contributed by atoms with Crippen LogP contribution in [0.4, 0.5) is 0 Å².